The fourth-order valence-electron chi connectivity index (χ4n) is 2.14. The van der Waals surface area contributed by atoms with Gasteiger partial charge < -0.3 is 25.5 Å². The fraction of sp³-hybridized carbons (Fsp3) is 1.00. The summed E-state index contributed by atoms with van der Waals surface area (Å²) in [6.45, 7) is 20.7. The van der Waals surface area contributed by atoms with Gasteiger partial charge in [0, 0.05) is 6.61 Å². The summed E-state index contributed by atoms with van der Waals surface area (Å²) in [4.78, 5) is 0. The van der Waals surface area contributed by atoms with Crippen molar-refractivity contribution >= 4 is 0 Å². The van der Waals surface area contributed by atoms with Crippen molar-refractivity contribution < 1.29 is 25.5 Å². The minimum absolute atomic E-state index is 0.0928. The molecule has 0 aromatic carbocycles. The molecule has 27 heavy (non-hydrogen) atoms. The standard InChI is InChI=1S/C9H20O2.C7H16O2.C6H14O/c1-5-7(10)8(11)6-9(2,3)4;1-7(2,3)4-6(9)5-8;1-6(2,3)4-5-7/h7-8,10-11H,5-6H2,1-4H3;6,8-9H,4-5H2,1-3H3;7H,4-5H2,1-3H3. The molecular formula is C22H50O5. The summed E-state index contributed by atoms with van der Waals surface area (Å²) < 4.78 is 0. The molecule has 0 saturated heterocycles. The van der Waals surface area contributed by atoms with E-state index >= 15 is 0 Å². The van der Waals surface area contributed by atoms with Gasteiger partial charge in [-0.1, -0.05) is 69.2 Å². The highest BCUT2D eigenvalue weighted by Gasteiger charge is 2.21. The van der Waals surface area contributed by atoms with E-state index in [0.717, 1.165) is 6.42 Å². The minimum Gasteiger partial charge on any atom is -0.396 e. The first-order chi connectivity index (χ1) is 11.9. The lowest BCUT2D eigenvalue weighted by molar-refractivity contribution is -0.00519. The van der Waals surface area contributed by atoms with E-state index < -0.39 is 18.3 Å². The zero-order valence-electron chi connectivity index (χ0n) is 19.7. The molecule has 0 aliphatic rings. The zero-order valence-corrected chi connectivity index (χ0v) is 19.7. The second-order valence-corrected chi connectivity index (χ2v) is 10.9. The van der Waals surface area contributed by atoms with Gasteiger partial charge in [0.1, 0.15) is 0 Å². The number of aliphatic hydroxyl groups excluding tert-OH is 5. The van der Waals surface area contributed by atoms with Crippen LogP contribution in [-0.2, 0) is 0 Å². The number of hydrogen-bond donors (Lipinski definition) is 5. The maximum Gasteiger partial charge on any atom is 0.0804 e. The Morgan fingerprint density at radius 2 is 1.04 bits per heavy atom. The van der Waals surface area contributed by atoms with Gasteiger partial charge in [-0.2, -0.15) is 0 Å². The van der Waals surface area contributed by atoms with Crippen molar-refractivity contribution in [2.24, 2.45) is 16.2 Å². The Hall–Kier alpha value is -0.200. The Morgan fingerprint density at radius 1 is 0.630 bits per heavy atom. The van der Waals surface area contributed by atoms with E-state index in [0.29, 0.717) is 31.3 Å². The van der Waals surface area contributed by atoms with Gasteiger partial charge in [0.15, 0.2) is 0 Å². The number of hydrogen-bond acceptors (Lipinski definition) is 5. The summed E-state index contributed by atoms with van der Waals surface area (Å²) in [5.41, 5.74) is 0.506. The molecule has 5 heteroatoms. The predicted molar refractivity (Wildman–Crippen MR) is 115 cm³/mol. The van der Waals surface area contributed by atoms with Crippen molar-refractivity contribution in [1.29, 1.82) is 0 Å². The molecule has 0 rings (SSSR count). The molecule has 0 heterocycles. The second kappa shape index (κ2) is 14.7. The van der Waals surface area contributed by atoms with Crippen LogP contribution in [0, 0.1) is 16.2 Å². The van der Waals surface area contributed by atoms with Crippen LogP contribution in [0.1, 0.15) is 94.9 Å². The van der Waals surface area contributed by atoms with E-state index in [9.17, 15) is 10.2 Å². The molecule has 5 N–H and O–H groups in total. The van der Waals surface area contributed by atoms with Gasteiger partial charge in [0.25, 0.3) is 0 Å². The van der Waals surface area contributed by atoms with Crippen LogP contribution in [0.25, 0.3) is 0 Å². The van der Waals surface area contributed by atoms with Crippen LogP contribution in [0.4, 0.5) is 0 Å². The van der Waals surface area contributed by atoms with Crippen LogP contribution in [0.2, 0.25) is 0 Å². The van der Waals surface area contributed by atoms with E-state index in [1.807, 2.05) is 27.7 Å². The lowest BCUT2D eigenvalue weighted by atomic mass is 9.87. The number of aliphatic hydroxyl groups is 5. The normalized spacial score (nSPS) is 15.7. The first kappa shape index (κ1) is 31.5. The molecule has 5 nitrogen and oxygen atoms in total. The van der Waals surface area contributed by atoms with E-state index in [4.69, 9.17) is 15.3 Å². The topological polar surface area (TPSA) is 101 Å². The van der Waals surface area contributed by atoms with Crippen molar-refractivity contribution in [3.63, 3.8) is 0 Å². The first-order valence-electron chi connectivity index (χ1n) is 10.1. The molecule has 0 aliphatic heterocycles. The molecule has 0 aliphatic carbocycles. The molecule has 0 aromatic rings. The molecule has 0 saturated carbocycles. The predicted octanol–water partition coefficient (Wildman–Crippen LogP) is 3.75. The smallest absolute Gasteiger partial charge is 0.0804 e. The first-order valence-corrected chi connectivity index (χ1v) is 10.1. The third-order valence-corrected chi connectivity index (χ3v) is 3.60. The molecule has 0 fully saturated rings. The molecule has 3 unspecified atom stereocenters. The highest BCUT2D eigenvalue weighted by atomic mass is 16.3. The molecule has 0 aromatic heterocycles. The lowest BCUT2D eigenvalue weighted by Crippen LogP contribution is -2.29. The Balaban J connectivity index is -0.000000329. The fourth-order valence-corrected chi connectivity index (χ4v) is 2.14. The Bertz CT molecular complexity index is 323. The van der Waals surface area contributed by atoms with E-state index in [1.54, 1.807) is 0 Å². The van der Waals surface area contributed by atoms with Crippen molar-refractivity contribution in [3.05, 3.63) is 0 Å². The van der Waals surface area contributed by atoms with Gasteiger partial charge in [-0.15, -0.1) is 0 Å². The largest absolute Gasteiger partial charge is 0.396 e. The molecule has 0 spiro atoms. The summed E-state index contributed by atoms with van der Waals surface area (Å²) in [7, 11) is 0. The van der Waals surface area contributed by atoms with Crippen molar-refractivity contribution in [2.45, 2.75) is 113 Å². The van der Waals surface area contributed by atoms with Crippen LogP contribution in [0.5, 0.6) is 0 Å². The maximum absolute atomic E-state index is 9.40. The minimum atomic E-state index is -0.569. The van der Waals surface area contributed by atoms with Crippen LogP contribution >= 0.6 is 0 Å². The molecule has 0 radical (unpaired) electrons. The highest BCUT2D eigenvalue weighted by Crippen LogP contribution is 2.22. The SMILES string of the molecule is CC(C)(C)CC(O)CO.CC(C)(C)CCO.CCC(O)C(O)CC(C)(C)C. The van der Waals surface area contributed by atoms with E-state index in [1.165, 1.54) is 0 Å². The van der Waals surface area contributed by atoms with Gasteiger partial charge in [-0.25, -0.2) is 0 Å². The highest BCUT2D eigenvalue weighted by molar-refractivity contribution is 4.73. The third kappa shape index (κ3) is 30.8. The molecule has 0 amide bonds. The average Bonchev–Trinajstić information content (AvgIpc) is 2.42. The summed E-state index contributed by atoms with van der Waals surface area (Å²) in [6, 6.07) is 0. The summed E-state index contributed by atoms with van der Waals surface area (Å²) in [5, 5.41) is 44.4. The van der Waals surface area contributed by atoms with Crippen LogP contribution in [0.3, 0.4) is 0 Å². The quantitative estimate of drug-likeness (QED) is 0.472. The summed E-state index contributed by atoms with van der Waals surface area (Å²) in [5.74, 6) is 0. The third-order valence-electron chi connectivity index (χ3n) is 3.60. The van der Waals surface area contributed by atoms with Crippen molar-refractivity contribution in [3.8, 4) is 0 Å². The van der Waals surface area contributed by atoms with Gasteiger partial charge >= 0.3 is 0 Å². The average molecular weight is 395 g/mol. The Morgan fingerprint density at radius 3 is 1.19 bits per heavy atom. The molecule has 3 atom stereocenters. The monoisotopic (exact) mass is 394 g/mol. The summed E-state index contributed by atoms with van der Waals surface area (Å²) >= 11 is 0. The van der Waals surface area contributed by atoms with Gasteiger partial charge in [-0.3, -0.25) is 0 Å². The van der Waals surface area contributed by atoms with E-state index in [2.05, 4.69) is 41.5 Å². The van der Waals surface area contributed by atoms with Crippen molar-refractivity contribution in [1.82, 2.24) is 0 Å². The Labute approximate surface area is 168 Å². The van der Waals surface area contributed by atoms with E-state index in [-0.39, 0.29) is 17.4 Å². The van der Waals surface area contributed by atoms with Gasteiger partial charge in [0.2, 0.25) is 0 Å². The Kier molecular flexibility index (Phi) is 17.2. The van der Waals surface area contributed by atoms with Crippen LogP contribution < -0.4 is 0 Å². The van der Waals surface area contributed by atoms with Gasteiger partial charge in [-0.05, 0) is 41.9 Å². The zero-order chi connectivity index (χ0) is 22.5. The second-order valence-electron chi connectivity index (χ2n) is 10.9. The maximum atomic E-state index is 9.40. The molecule has 168 valence electrons. The molecular weight excluding hydrogens is 344 g/mol. The lowest BCUT2D eigenvalue weighted by Gasteiger charge is -2.24. The molecule has 0 bridgehead atoms. The van der Waals surface area contributed by atoms with Crippen LogP contribution in [0.15, 0.2) is 0 Å². The van der Waals surface area contributed by atoms with Crippen molar-refractivity contribution in [2.75, 3.05) is 13.2 Å². The number of rotatable bonds is 6. The van der Waals surface area contributed by atoms with Gasteiger partial charge in [0.05, 0.1) is 24.9 Å². The van der Waals surface area contributed by atoms with Crippen LogP contribution in [-0.4, -0.2) is 57.1 Å². The summed E-state index contributed by atoms with van der Waals surface area (Å²) in [6.07, 6.45) is 1.15.